The number of carbonyl (C=O) groups is 1. The standard InChI is InChI=1S/C12H21NO4/c14-9-11(3-1-2-4-11)13-12(10(15)16)5-7-17-8-6-12/h13-14H,1-9H2,(H,15,16). The average molecular weight is 243 g/mol. The molecule has 1 aliphatic heterocycles. The zero-order valence-electron chi connectivity index (χ0n) is 10.1. The molecule has 17 heavy (non-hydrogen) atoms. The number of aliphatic carboxylic acids is 1. The van der Waals surface area contributed by atoms with Crippen molar-refractivity contribution in [2.24, 2.45) is 0 Å². The molecule has 1 saturated heterocycles. The highest BCUT2D eigenvalue weighted by atomic mass is 16.5. The summed E-state index contributed by atoms with van der Waals surface area (Å²) in [5.74, 6) is -0.819. The summed E-state index contributed by atoms with van der Waals surface area (Å²) in [7, 11) is 0. The van der Waals surface area contributed by atoms with Crippen LogP contribution in [0.25, 0.3) is 0 Å². The minimum atomic E-state index is -0.911. The molecule has 0 amide bonds. The SMILES string of the molecule is O=C(O)C1(NC2(CO)CCCC2)CCOCC1. The normalized spacial score (nSPS) is 26.9. The van der Waals surface area contributed by atoms with E-state index in [1.54, 1.807) is 0 Å². The van der Waals surface area contributed by atoms with Crippen molar-refractivity contribution in [2.75, 3.05) is 19.8 Å². The Kier molecular flexibility index (Phi) is 3.70. The van der Waals surface area contributed by atoms with Crippen LogP contribution in [0, 0.1) is 0 Å². The second-order valence-electron chi connectivity index (χ2n) is 5.27. The summed E-state index contributed by atoms with van der Waals surface area (Å²) < 4.78 is 5.24. The van der Waals surface area contributed by atoms with Gasteiger partial charge in [0.1, 0.15) is 5.54 Å². The molecule has 2 rings (SSSR count). The molecule has 0 radical (unpaired) electrons. The van der Waals surface area contributed by atoms with E-state index in [1.807, 2.05) is 0 Å². The van der Waals surface area contributed by atoms with Crippen LogP contribution in [0.3, 0.4) is 0 Å². The van der Waals surface area contributed by atoms with Crippen molar-refractivity contribution in [2.45, 2.75) is 49.6 Å². The lowest BCUT2D eigenvalue weighted by Crippen LogP contribution is -2.64. The van der Waals surface area contributed by atoms with Gasteiger partial charge in [-0.15, -0.1) is 0 Å². The summed E-state index contributed by atoms with van der Waals surface area (Å²) in [5, 5.41) is 22.3. The first-order valence-corrected chi connectivity index (χ1v) is 6.34. The lowest BCUT2D eigenvalue weighted by molar-refractivity contribution is -0.151. The van der Waals surface area contributed by atoms with Gasteiger partial charge < -0.3 is 14.9 Å². The monoisotopic (exact) mass is 243 g/mol. The highest BCUT2D eigenvalue weighted by molar-refractivity contribution is 5.79. The number of aliphatic hydroxyl groups excluding tert-OH is 1. The predicted octanol–water partition coefficient (Wildman–Crippen LogP) is 0.515. The molecule has 3 N–H and O–H groups in total. The Morgan fingerprint density at radius 2 is 1.76 bits per heavy atom. The van der Waals surface area contributed by atoms with Crippen LogP contribution in [0.15, 0.2) is 0 Å². The minimum Gasteiger partial charge on any atom is -0.480 e. The van der Waals surface area contributed by atoms with Crippen molar-refractivity contribution in [3.05, 3.63) is 0 Å². The molecule has 0 bridgehead atoms. The Balaban J connectivity index is 2.13. The van der Waals surface area contributed by atoms with E-state index < -0.39 is 17.0 Å². The van der Waals surface area contributed by atoms with Gasteiger partial charge >= 0.3 is 5.97 Å². The third kappa shape index (κ3) is 2.46. The van der Waals surface area contributed by atoms with Crippen molar-refractivity contribution in [3.63, 3.8) is 0 Å². The molecule has 0 aromatic rings. The Hall–Kier alpha value is -0.650. The van der Waals surface area contributed by atoms with Gasteiger partial charge in [0.05, 0.1) is 6.61 Å². The van der Waals surface area contributed by atoms with Gasteiger partial charge in [-0.2, -0.15) is 0 Å². The summed E-state index contributed by atoms with van der Waals surface area (Å²) in [5.41, 5.74) is -1.30. The third-order valence-corrected chi connectivity index (χ3v) is 4.12. The van der Waals surface area contributed by atoms with Crippen LogP contribution < -0.4 is 5.32 Å². The fraction of sp³-hybridized carbons (Fsp3) is 0.917. The lowest BCUT2D eigenvalue weighted by Gasteiger charge is -2.42. The maximum Gasteiger partial charge on any atom is 0.324 e. The molecule has 0 spiro atoms. The first-order valence-electron chi connectivity index (χ1n) is 6.34. The molecule has 2 aliphatic rings. The van der Waals surface area contributed by atoms with Gasteiger partial charge in [0.15, 0.2) is 0 Å². The second kappa shape index (κ2) is 4.92. The Morgan fingerprint density at radius 1 is 1.18 bits per heavy atom. The Labute approximate surface area is 101 Å². The van der Waals surface area contributed by atoms with Crippen molar-refractivity contribution in [1.82, 2.24) is 5.32 Å². The molecule has 1 heterocycles. The fourth-order valence-corrected chi connectivity index (χ4v) is 2.99. The molecule has 0 aromatic heterocycles. The number of carboxylic acid groups (broad SMARTS) is 1. The van der Waals surface area contributed by atoms with Crippen molar-refractivity contribution >= 4 is 5.97 Å². The van der Waals surface area contributed by atoms with E-state index in [2.05, 4.69) is 5.32 Å². The summed E-state index contributed by atoms with van der Waals surface area (Å²) in [6.45, 7) is 0.963. The number of hydrogen-bond acceptors (Lipinski definition) is 4. The first-order chi connectivity index (χ1) is 8.13. The van der Waals surface area contributed by atoms with Crippen LogP contribution in [-0.4, -0.2) is 47.1 Å². The van der Waals surface area contributed by atoms with Gasteiger partial charge in [-0.05, 0) is 25.7 Å². The van der Waals surface area contributed by atoms with Crippen molar-refractivity contribution < 1.29 is 19.7 Å². The van der Waals surface area contributed by atoms with Gasteiger partial charge in [0, 0.05) is 18.8 Å². The molecule has 98 valence electrons. The maximum atomic E-state index is 11.5. The summed E-state index contributed by atoms with van der Waals surface area (Å²) in [6.07, 6.45) is 4.78. The van der Waals surface area contributed by atoms with Crippen LogP contribution >= 0.6 is 0 Å². The van der Waals surface area contributed by atoms with Crippen LogP contribution in [0.5, 0.6) is 0 Å². The summed E-state index contributed by atoms with van der Waals surface area (Å²) >= 11 is 0. The van der Waals surface area contributed by atoms with E-state index in [4.69, 9.17) is 4.74 Å². The van der Waals surface area contributed by atoms with E-state index in [-0.39, 0.29) is 6.61 Å². The quantitative estimate of drug-likeness (QED) is 0.670. The van der Waals surface area contributed by atoms with E-state index in [9.17, 15) is 15.0 Å². The summed E-state index contributed by atoms with van der Waals surface area (Å²) in [4.78, 5) is 11.5. The fourth-order valence-electron chi connectivity index (χ4n) is 2.99. The third-order valence-electron chi connectivity index (χ3n) is 4.12. The zero-order valence-corrected chi connectivity index (χ0v) is 10.1. The number of hydrogen-bond donors (Lipinski definition) is 3. The highest BCUT2D eigenvalue weighted by Crippen LogP contribution is 2.34. The molecule has 0 atom stereocenters. The molecule has 2 fully saturated rings. The number of aliphatic hydroxyl groups is 1. The van der Waals surface area contributed by atoms with Crippen LogP contribution in [0.4, 0.5) is 0 Å². The van der Waals surface area contributed by atoms with Crippen LogP contribution in [-0.2, 0) is 9.53 Å². The topological polar surface area (TPSA) is 78.8 Å². The minimum absolute atomic E-state index is 0.0168. The van der Waals surface area contributed by atoms with Gasteiger partial charge in [-0.25, -0.2) is 0 Å². The second-order valence-corrected chi connectivity index (χ2v) is 5.27. The van der Waals surface area contributed by atoms with E-state index >= 15 is 0 Å². The predicted molar refractivity (Wildman–Crippen MR) is 61.8 cm³/mol. The molecular weight excluding hydrogens is 222 g/mol. The molecule has 5 nitrogen and oxygen atoms in total. The van der Waals surface area contributed by atoms with Crippen LogP contribution in [0.1, 0.15) is 38.5 Å². The molecule has 0 aromatic carbocycles. The summed E-state index contributed by atoms with van der Waals surface area (Å²) in [6, 6.07) is 0. The largest absolute Gasteiger partial charge is 0.480 e. The molecule has 5 heteroatoms. The Morgan fingerprint density at radius 3 is 2.24 bits per heavy atom. The molecular formula is C12H21NO4. The molecule has 1 saturated carbocycles. The van der Waals surface area contributed by atoms with E-state index in [0.717, 1.165) is 25.7 Å². The van der Waals surface area contributed by atoms with Gasteiger partial charge in [-0.1, -0.05) is 12.8 Å². The number of carboxylic acids is 1. The number of rotatable bonds is 4. The van der Waals surface area contributed by atoms with E-state index in [0.29, 0.717) is 26.1 Å². The van der Waals surface area contributed by atoms with E-state index in [1.165, 1.54) is 0 Å². The van der Waals surface area contributed by atoms with Gasteiger partial charge in [0.25, 0.3) is 0 Å². The molecule has 1 aliphatic carbocycles. The number of nitrogens with one attached hydrogen (secondary N) is 1. The number of ether oxygens (including phenoxy) is 1. The average Bonchev–Trinajstić information content (AvgIpc) is 2.79. The highest BCUT2D eigenvalue weighted by Gasteiger charge is 2.47. The maximum absolute atomic E-state index is 11.5. The van der Waals surface area contributed by atoms with Crippen molar-refractivity contribution in [1.29, 1.82) is 0 Å². The van der Waals surface area contributed by atoms with Crippen LogP contribution in [0.2, 0.25) is 0 Å². The zero-order chi connectivity index (χ0) is 12.4. The van der Waals surface area contributed by atoms with Crippen molar-refractivity contribution in [3.8, 4) is 0 Å². The first kappa shape index (κ1) is 12.8. The Bertz CT molecular complexity index is 280. The lowest BCUT2D eigenvalue weighted by atomic mass is 9.85. The smallest absolute Gasteiger partial charge is 0.324 e. The molecule has 0 unspecified atom stereocenters. The van der Waals surface area contributed by atoms with Gasteiger partial charge in [0.2, 0.25) is 0 Å². The van der Waals surface area contributed by atoms with Gasteiger partial charge in [-0.3, -0.25) is 10.1 Å².